The highest BCUT2D eigenvalue weighted by Crippen LogP contribution is 2.39. The Balaban J connectivity index is 2.54. The number of aryl methyl sites for hydroxylation is 2. The normalized spacial score (nSPS) is 13.0. The molecule has 0 aliphatic carbocycles. The van der Waals surface area contributed by atoms with Gasteiger partial charge in [0.2, 0.25) is 0 Å². The number of nitrogens with zero attached hydrogens (tertiary/aromatic N) is 1. The summed E-state index contributed by atoms with van der Waals surface area (Å²) >= 11 is 0. The summed E-state index contributed by atoms with van der Waals surface area (Å²) in [5, 5.41) is 8.71. The molecule has 4 heteroatoms. The lowest BCUT2D eigenvalue weighted by Crippen LogP contribution is -2.43. The summed E-state index contributed by atoms with van der Waals surface area (Å²) in [6, 6.07) is 4.22. The molecule has 0 spiro atoms. The zero-order valence-corrected chi connectivity index (χ0v) is 14.0. The van der Waals surface area contributed by atoms with Gasteiger partial charge in [0.25, 0.3) is 8.32 Å². The van der Waals surface area contributed by atoms with E-state index in [0.717, 1.165) is 22.3 Å². The van der Waals surface area contributed by atoms with Crippen molar-refractivity contribution in [2.24, 2.45) is 0 Å². The Hall–Kier alpha value is -1.29. The monoisotopic (exact) mass is 276 g/mol. The van der Waals surface area contributed by atoms with Gasteiger partial charge in [-0.3, -0.25) is 5.10 Å². The van der Waals surface area contributed by atoms with Crippen molar-refractivity contribution in [3.8, 4) is 5.75 Å². The predicted octanol–water partition coefficient (Wildman–Crippen LogP) is 4.56. The zero-order valence-electron chi connectivity index (χ0n) is 13.0. The van der Waals surface area contributed by atoms with Crippen LogP contribution in [-0.4, -0.2) is 18.5 Å². The molecule has 0 aliphatic heterocycles. The molecule has 2 aromatic rings. The lowest BCUT2D eigenvalue weighted by atomic mass is 10.1. The standard InChI is InChI=1S/C15H24N2OSi/c1-10-8-12-14(11(2)16-17-12)13(9-10)18-19(6,7)15(3,4)5/h8-9H,1-7H3,(H,16,17). The molecule has 19 heavy (non-hydrogen) atoms. The minimum atomic E-state index is -1.82. The first-order valence-corrected chi connectivity index (χ1v) is 9.67. The molecular formula is C15H24N2OSi. The van der Waals surface area contributed by atoms with Crippen LogP contribution in [0.2, 0.25) is 18.1 Å². The van der Waals surface area contributed by atoms with Gasteiger partial charge >= 0.3 is 0 Å². The average Bonchev–Trinajstić information content (AvgIpc) is 2.57. The molecule has 2 rings (SSSR count). The van der Waals surface area contributed by atoms with Gasteiger partial charge in [-0.2, -0.15) is 5.10 Å². The summed E-state index contributed by atoms with van der Waals surface area (Å²) < 4.78 is 6.48. The van der Waals surface area contributed by atoms with Crippen molar-refractivity contribution in [1.82, 2.24) is 10.2 Å². The van der Waals surface area contributed by atoms with Gasteiger partial charge in [-0.25, -0.2) is 0 Å². The van der Waals surface area contributed by atoms with Crippen LogP contribution in [-0.2, 0) is 0 Å². The van der Waals surface area contributed by atoms with E-state index in [-0.39, 0.29) is 5.04 Å². The Morgan fingerprint density at radius 2 is 1.79 bits per heavy atom. The van der Waals surface area contributed by atoms with E-state index in [0.29, 0.717) is 0 Å². The quantitative estimate of drug-likeness (QED) is 0.816. The van der Waals surface area contributed by atoms with Crippen LogP contribution in [0.1, 0.15) is 32.0 Å². The van der Waals surface area contributed by atoms with Crippen molar-refractivity contribution in [3.63, 3.8) is 0 Å². The summed E-state index contributed by atoms with van der Waals surface area (Å²) in [7, 11) is -1.82. The molecule has 0 bridgehead atoms. The maximum atomic E-state index is 6.48. The molecule has 0 aliphatic rings. The van der Waals surface area contributed by atoms with Crippen LogP contribution in [0.25, 0.3) is 10.9 Å². The third-order valence-electron chi connectivity index (χ3n) is 4.12. The molecule has 0 atom stereocenters. The van der Waals surface area contributed by atoms with E-state index in [1.165, 1.54) is 5.56 Å². The second kappa shape index (κ2) is 4.37. The molecule has 104 valence electrons. The molecule has 0 fully saturated rings. The Labute approximate surface area is 116 Å². The van der Waals surface area contributed by atoms with Gasteiger partial charge in [0, 0.05) is 5.69 Å². The molecule has 0 radical (unpaired) electrons. The van der Waals surface area contributed by atoms with E-state index in [1.807, 2.05) is 6.92 Å². The largest absolute Gasteiger partial charge is 0.543 e. The van der Waals surface area contributed by atoms with Crippen molar-refractivity contribution >= 4 is 19.2 Å². The molecule has 0 saturated carbocycles. The van der Waals surface area contributed by atoms with Crippen molar-refractivity contribution in [2.45, 2.75) is 52.8 Å². The summed E-state index contributed by atoms with van der Waals surface area (Å²) in [5.74, 6) is 0.979. The average molecular weight is 276 g/mol. The minimum Gasteiger partial charge on any atom is -0.543 e. The van der Waals surface area contributed by atoms with E-state index >= 15 is 0 Å². The molecular weight excluding hydrogens is 252 g/mol. The Kier molecular flexibility index (Phi) is 3.25. The summed E-state index contributed by atoms with van der Waals surface area (Å²) in [4.78, 5) is 0. The smallest absolute Gasteiger partial charge is 0.250 e. The maximum absolute atomic E-state index is 6.48. The van der Waals surface area contributed by atoms with Gasteiger partial charge in [0.15, 0.2) is 0 Å². The number of rotatable bonds is 2. The third kappa shape index (κ3) is 2.54. The minimum absolute atomic E-state index is 0.195. The second-order valence-corrected chi connectivity index (χ2v) is 11.6. The van der Waals surface area contributed by atoms with E-state index < -0.39 is 8.32 Å². The third-order valence-corrected chi connectivity index (χ3v) is 8.46. The van der Waals surface area contributed by atoms with E-state index in [4.69, 9.17) is 4.43 Å². The first kappa shape index (κ1) is 14.1. The van der Waals surface area contributed by atoms with Crippen LogP contribution < -0.4 is 4.43 Å². The highest BCUT2D eigenvalue weighted by Gasteiger charge is 2.39. The second-order valence-electron chi connectivity index (χ2n) is 6.87. The number of hydrogen-bond acceptors (Lipinski definition) is 2. The molecule has 1 aromatic carbocycles. The van der Waals surface area contributed by atoms with Gasteiger partial charge in [0.1, 0.15) is 5.75 Å². The predicted molar refractivity (Wildman–Crippen MR) is 83.4 cm³/mol. The van der Waals surface area contributed by atoms with E-state index in [9.17, 15) is 0 Å². The van der Waals surface area contributed by atoms with Crippen molar-refractivity contribution in [3.05, 3.63) is 23.4 Å². The van der Waals surface area contributed by atoms with Gasteiger partial charge in [-0.1, -0.05) is 20.8 Å². The Bertz CT molecular complexity index is 608. The number of nitrogens with one attached hydrogen (secondary N) is 1. The number of benzene rings is 1. The van der Waals surface area contributed by atoms with Crippen LogP contribution in [0, 0.1) is 13.8 Å². The first-order chi connectivity index (χ1) is 8.62. The fourth-order valence-electron chi connectivity index (χ4n) is 1.91. The summed E-state index contributed by atoms with van der Waals surface area (Å²) in [6.07, 6.45) is 0. The molecule has 0 unspecified atom stereocenters. The van der Waals surface area contributed by atoms with Gasteiger partial charge < -0.3 is 4.43 Å². The van der Waals surface area contributed by atoms with Crippen molar-refractivity contribution < 1.29 is 4.43 Å². The van der Waals surface area contributed by atoms with E-state index in [2.05, 4.69) is 63.1 Å². The van der Waals surface area contributed by atoms with Crippen LogP contribution >= 0.6 is 0 Å². The lowest BCUT2D eigenvalue weighted by molar-refractivity contribution is 0.496. The Morgan fingerprint density at radius 1 is 1.16 bits per heavy atom. The number of aromatic nitrogens is 2. The molecule has 1 heterocycles. The number of hydrogen-bond donors (Lipinski definition) is 1. The van der Waals surface area contributed by atoms with Gasteiger partial charge in [-0.05, 0) is 49.7 Å². The maximum Gasteiger partial charge on any atom is 0.250 e. The highest BCUT2D eigenvalue weighted by atomic mass is 28.4. The van der Waals surface area contributed by atoms with Gasteiger partial charge in [0.05, 0.1) is 10.9 Å². The van der Waals surface area contributed by atoms with Gasteiger partial charge in [-0.15, -0.1) is 0 Å². The SMILES string of the molecule is Cc1cc(O[Si](C)(C)C(C)(C)C)c2c(C)[nH]nc2c1. The number of aromatic amines is 1. The molecule has 1 N–H and O–H groups in total. The van der Waals surface area contributed by atoms with Crippen LogP contribution in [0.15, 0.2) is 12.1 Å². The molecule has 0 amide bonds. The highest BCUT2D eigenvalue weighted by molar-refractivity contribution is 6.74. The number of H-pyrrole nitrogens is 1. The van der Waals surface area contributed by atoms with Crippen LogP contribution in [0.3, 0.4) is 0 Å². The summed E-state index contributed by atoms with van der Waals surface area (Å²) in [5.41, 5.74) is 3.25. The molecule has 1 aromatic heterocycles. The molecule has 3 nitrogen and oxygen atoms in total. The van der Waals surface area contributed by atoms with Crippen LogP contribution in [0.4, 0.5) is 0 Å². The fraction of sp³-hybridized carbons (Fsp3) is 0.533. The molecule has 0 saturated heterocycles. The van der Waals surface area contributed by atoms with Crippen molar-refractivity contribution in [2.75, 3.05) is 0 Å². The lowest BCUT2D eigenvalue weighted by Gasteiger charge is -2.36. The van der Waals surface area contributed by atoms with Crippen molar-refractivity contribution in [1.29, 1.82) is 0 Å². The fourth-order valence-corrected chi connectivity index (χ4v) is 2.93. The zero-order chi connectivity index (χ0) is 14.4. The number of fused-ring (bicyclic) bond motifs is 1. The summed E-state index contributed by atoms with van der Waals surface area (Å²) in [6.45, 7) is 15.5. The van der Waals surface area contributed by atoms with E-state index in [1.54, 1.807) is 0 Å². The Morgan fingerprint density at radius 3 is 2.37 bits per heavy atom. The first-order valence-electron chi connectivity index (χ1n) is 6.76. The topological polar surface area (TPSA) is 37.9 Å². The van der Waals surface area contributed by atoms with Crippen LogP contribution in [0.5, 0.6) is 5.75 Å².